The van der Waals surface area contributed by atoms with Gasteiger partial charge in [-0.3, -0.25) is 9.69 Å². The molecule has 1 fully saturated rings. The molecule has 2 aromatic rings. The predicted octanol–water partition coefficient (Wildman–Crippen LogP) is 4.01. The molecule has 1 amide bonds. The zero-order valence-corrected chi connectivity index (χ0v) is 18.3. The van der Waals surface area contributed by atoms with E-state index in [9.17, 15) is 18.0 Å². The van der Waals surface area contributed by atoms with Gasteiger partial charge in [-0.15, -0.1) is 0 Å². The molecule has 2 aromatic carbocycles. The number of alkyl halides is 3. The fourth-order valence-corrected chi connectivity index (χ4v) is 3.57. The number of methoxy groups -OCH3 is 3. The van der Waals surface area contributed by atoms with Gasteiger partial charge in [0, 0.05) is 30.8 Å². The zero-order chi connectivity index (χ0) is 23.3. The minimum atomic E-state index is -4.43. The lowest BCUT2D eigenvalue weighted by atomic mass is 10.1. The second-order valence-electron chi connectivity index (χ2n) is 7.59. The van der Waals surface area contributed by atoms with Crippen LogP contribution < -0.4 is 19.5 Å². The SMILES string of the molecule is COc1cc(OC)c(OC)cc1CNC(=O)CN(Cc1ccccc1C(F)(F)F)C1CC1. The molecule has 1 saturated carbocycles. The third kappa shape index (κ3) is 5.85. The summed E-state index contributed by atoms with van der Waals surface area (Å²) >= 11 is 0. The molecule has 0 aliphatic heterocycles. The molecule has 0 spiro atoms. The quantitative estimate of drug-likeness (QED) is 0.590. The molecule has 0 heterocycles. The number of amides is 1. The van der Waals surface area contributed by atoms with Crippen LogP contribution in [0.25, 0.3) is 0 Å². The van der Waals surface area contributed by atoms with Crippen molar-refractivity contribution in [1.29, 1.82) is 0 Å². The monoisotopic (exact) mass is 452 g/mol. The van der Waals surface area contributed by atoms with Crippen molar-refractivity contribution in [2.45, 2.75) is 38.1 Å². The van der Waals surface area contributed by atoms with Crippen LogP contribution in [0.3, 0.4) is 0 Å². The highest BCUT2D eigenvalue weighted by atomic mass is 19.4. The lowest BCUT2D eigenvalue weighted by molar-refractivity contribution is -0.138. The van der Waals surface area contributed by atoms with E-state index in [4.69, 9.17) is 14.2 Å². The van der Waals surface area contributed by atoms with Gasteiger partial charge in [0.25, 0.3) is 0 Å². The van der Waals surface area contributed by atoms with Gasteiger partial charge in [0.1, 0.15) is 5.75 Å². The number of rotatable bonds is 10. The van der Waals surface area contributed by atoms with Gasteiger partial charge in [-0.2, -0.15) is 13.2 Å². The molecule has 1 N–H and O–H groups in total. The van der Waals surface area contributed by atoms with Gasteiger partial charge in [0.05, 0.1) is 33.4 Å². The van der Waals surface area contributed by atoms with Gasteiger partial charge < -0.3 is 19.5 Å². The van der Waals surface area contributed by atoms with E-state index in [-0.39, 0.29) is 37.1 Å². The van der Waals surface area contributed by atoms with Crippen molar-refractivity contribution in [2.75, 3.05) is 27.9 Å². The van der Waals surface area contributed by atoms with Crippen LogP contribution in [0.5, 0.6) is 17.2 Å². The van der Waals surface area contributed by atoms with E-state index in [1.807, 2.05) is 0 Å². The van der Waals surface area contributed by atoms with Gasteiger partial charge in [-0.05, 0) is 30.5 Å². The van der Waals surface area contributed by atoms with Crippen molar-refractivity contribution in [1.82, 2.24) is 10.2 Å². The third-order valence-electron chi connectivity index (χ3n) is 5.37. The van der Waals surface area contributed by atoms with Crippen molar-refractivity contribution in [3.63, 3.8) is 0 Å². The van der Waals surface area contributed by atoms with Crippen LogP contribution in [0.2, 0.25) is 0 Å². The highest BCUT2D eigenvalue weighted by molar-refractivity contribution is 5.78. The number of halogens is 3. The number of carbonyl (C=O) groups excluding carboxylic acids is 1. The largest absolute Gasteiger partial charge is 0.496 e. The Kier molecular flexibility index (Phi) is 7.50. The van der Waals surface area contributed by atoms with Crippen molar-refractivity contribution < 1.29 is 32.2 Å². The molecule has 1 aliphatic rings. The Morgan fingerprint density at radius 3 is 2.22 bits per heavy atom. The van der Waals surface area contributed by atoms with Gasteiger partial charge in [-0.1, -0.05) is 18.2 Å². The maximum atomic E-state index is 13.3. The molecule has 32 heavy (non-hydrogen) atoms. The maximum absolute atomic E-state index is 13.3. The summed E-state index contributed by atoms with van der Waals surface area (Å²) in [6.45, 7) is 0.250. The molecule has 0 radical (unpaired) electrons. The lowest BCUT2D eigenvalue weighted by Crippen LogP contribution is -2.38. The molecule has 1 aliphatic carbocycles. The normalized spacial score (nSPS) is 13.7. The topological polar surface area (TPSA) is 60.0 Å². The molecular formula is C23H27F3N2O4. The number of nitrogens with zero attached hydrogens (tertiary/aromatic N) is 1. The highest BCUT2D eigenvalue weighted by Gasteiger charge is 2.36. The van der Waals surface area contributed by atoms with E-state index in [1.165, 1.54) is 33.5 Å². The fourth-order valence-electron chi connectivity index (χ4n) is 3.57. The Balaban J connectivity index is 1.68. The average Bonchev–Trinajstić information content (AvgIpc) is 3.61. The average molecular weight is 452 g/mol. The summed E-state index contributed by atoms with van der Waals surface area (Å²) in [6.07, 6.45) is -2.70. The molecule has 0 bridgehead atoms. The number of hydrogen-bond donors (Lipinski definition) is 1. The first-order valence-electron chi connectivity index (χ1n) is 10.2. The second-order valence-corrected chi connectivity index (χ2v) is 7.59. The van der Waals surface area contributed by atoms with Gasteiger partial charge >= 0.3 is 6.18 Å². The number of ether oxygens (including phenoxy) is 3. The molecule has 0 saturated heterocycles. The molecule has 6 nitrogen and oxygen atoms in total. The molecule has 0 aromatic heterocycles. The van der Waals surface area contributed by atoms with Crippen LogP contribution in [-0.2, 0) is 24.1 Å². The Bertz CT molecular complexity index is 945. The molecule has 0 atom stereocenters. The molecule has 9 heteroatoms. The standard InChI is InChI=1S/C23H27F3N2O4/c1-30-19-11-21(32-3)20(31-2)10-16(19)12-27-22(29)14-28(17-8-9-17)13-15-6-4-5-7-18(15)23(24,25)26/h4-7,10-11,17H,8-9,12-14H2,1-3H3,(H,27,29). The summed E-state index contributed by atoms with van der Waals surface area (Å²) in [4.78, 5) is 14.4. The van der Waals surface area contributed by atoms with Crippen molar-refractivity contribution >= 4 is 5.91 Å². The Morgan fingerprint density at radius 1 is 1.00 bits per heavy atom. The van der Waals surface area contributed by atoms with Crippen LogP contribution >= 0.6 is 0 Å². The number of nitrogens with one attached hydrogen (secondary N) is 1. The number of carbonyl (C=O) groups is 1. The first-order chi connectivity index (χ1) is 15.3. The summed E-state index contributed by atoms with van der Waals surface area (Å²) < 4.78 is 56.0. The van der Waals surface area contributed by atoms with E-state index >= 15 is 0 Å². The second kappa shape index (κ2) is 10.1. The molecule has 0 unspecified atom stereocenters. The lowest BCUT2D eigenvalue weighted by Gasteiger charge is -2.23. The van der Waals surface area contributed by atoms with Crippen molar-refractivity contribution in [3.05, 3.63) is 53.1 Å². The van der Waals surface area contributed by atoms with Crippen LogP contribution in [0, 0.1) is 0 Å². The minimum Gasteiger partial charge on any atom is -0.496 e. The Hall–Kier alpha value is -2.94. The van der Waals surface area contributed by atoms with Crippen LogP contribution in [-0.4, -0.2) is 44.7 Å². The van der Waals surface area contributed by atoms with E-state index in [2.05, 4.69) is 5.32 Å². The highest BCUT2D eigenvalue weighted by Crippen LogP contribution is 2.36. The maximum Gasteiger partial charge on any atom is 0.416 e. The smallest absolute Gasteiger partial charge is 0.416 e. The summed E-state index contributed by atoms with van der Waals surface area (Å²) in [5.74, 6) is 1.25. The van der Waals surface area contributed by atoms with E-state index in [1.54, 1.807) is 23.1 Å². The first-order valence-corrected chi connectivity index (χ1v) is 10.2. The predicted molar refractivity (Wildman–Crippen MR) is 113 cm³/mol. The summed E-state index contributed by atoms with van der Waals surface area (Å²) in [5.41, 5.74) is 0.196. The van der Waals surface area contributed by atoms with E-state index < -0.39 is 11.7 Å². The van der Waals surface area contributed by atoms with Crippen molar-refractivity contribution in [3.8, 4) is 17.2 Å². The first kappa shape index (κ1) is 23.7. The number of hydrogen-bond acceptors (Lipinski definition) is 5. The molecular weight excluding hydrogens is 425 g/mol. The summed E-state index contributed by atoms with van der Waals surface area (Å²) in [6, 6.07) is 8.99. The summed E-state index contributed by atoms with van der Waals surface area (Å²) in [5, 5.41) is 2.83. The van der Waals surface area contributed by atoms with Crippen molar-refractivity contribution in [2.24, 2.45) is 0 Å². The van der Waals surface area contributed by atoms with Crippen LogP contribution in [0.4, 0.5) is 13.2 Å². The Morgan fingerprint density at radius 2 is 1.62 bits per heavy atom. The van der Waals surface area contributed by atoms with E-state index in [0.717, 1.165) is 18.9 Å². The zero-order valence-electron chi connectivity index (χ0n) is 18.3. The molecule has 3 rings (SSSR count). The van der Waals surface area contributed by atoms with Gasteiger partial charge in [0.15, 0.2) is 11.5 Å². The van der Waals surface area contributed by atoms with Crippen LogP contribution in [0.1, 0.15) is 29.5 Å². The minimum absolute atomic E-state index is 0.00641. The van der Waals surface area contributed by atoms with Crippen LogP contribution in [0.15, 0.2) is 36.4 Å². The fraction of sp³-hybridized carbons (Fsp3) is 0.435. The van der Waals surface area contributed by atoms with Gasteiger partial charge in [0.2, 0.25) is 5.91 Å². The third-order valence-corrected chi connectivity index (χ3v) is 5.37. The van der Waals surface area contributed by atoms with Gasteiger partial charge in [-0.25, -0.2) is 0 Å². The summed E-state index contributed by atoms with van der Waals surface area (Å²) in [7, 11) is 4.54. The van der Waals surface area contributed by atoms with E-state index in [0.29, 0.717) is 22.8 Å². The molecule has 174 valence electrons. The number of benzene rings is 2. The Labute approximate surface area is 185 Å².